The lowest BCUT2D eigenvalue weighted by Gasteiger charge is -2.27. The Bertz CT molecular complexity index is 717. The van der Waals surface area contributed by atoms with Crippen LogP contribution in [0.25, 0.3) is 0 Å². The molecule has 1 heterocycles. The van der Waals surface area contributed by atoms with Gasteiger partial charge in [0, 0.05) is 18.3 Å². The molecule has 1 unspecified atom stereocenters. The highest BCUT2D eigenvalue weighted by atomic mass is 32.2. The Labute approximate surface area is 141 Å². The van der Waals surface area contributed by atoms with E-state index >= 15 is 0 Å². The molecule has 1 aromatic rings. The zero-order valence-corrected chi connectivity index (χ0v) is 14.6. The molecule has 0 saturated carbocycles. The smallest absolute Gasteiger partial charge is 0.337 e. The minimum atomic E-state index is -3.03. The number of benzene rings is 1. The summed E-state index contributed by atoms with van der Waals surface area (Å²) in [6.07, 6.45) is 0.486. The van der Waals surface area contributed by atoms with Crippen molar-refractivity contribution in [3.8, 4) is 0 Å². The molecule has 132 valence electrons. The zero-order chi connectivity index (χ0) is 17.7. The van der Waals surface area contributed by atoms with Crippen LogP contribution in [-0.2, 0) is 19.4 Å². The predicted octanol–water partition coefficient (Wildman–Crippen LogP) is 0.921. The quantitative estimate of drug-likeness (QED) is 0.764. The number of carbonyl (C=O) groups is 2. The van der Waals surface area contributed by atoms with Crippen LogP contribution in [0, 0.1) is 0 Å². The van der Waals surface area contributed by atoms with Crippen molar-refractivity contribution < 1.29 is 22.7 Å². The third-order valence-electron chi connectivity index (χ3n) is 4.04. The van der Waals surface area contributed by atoms with E-state index in [1.807, 2.05) is 6.92 Å². The maximum Gasteiger partial charge on any atom is 0.337 e. The summed E-state index contributed by atoms with van der Waals surface area (Å²) < 4.78 is 27.9. The number of nitrogens with zero attached hydrogens (tertiary/aromatic N) is 1. The van der Waals surface area contributed by atoms with Crippen molar-refractivity contribution >= 4 is 27.4 Å². The topological polar surface area (TPSA) is 92.8 Å². The first-order valence-corrected chi connectivity index (χ1v) is 9.60. The molecule has 1 aliphatic heterocycles. The number of hydrogen-bond acceptors (Lipinski definition) is 6. The lowest BCUT2D eigenvalue weighted by atomic mass is 10.2. The molecule has 0 aliphatic carbocycles. The van der Waals surface area contributed by atoms with E-state index in [1.54, 1.807) is 29.2 Å². The highest BCUT2D eigenvalue weighted by molar-refractivity contribution is 7.91. The first-order valence-electron chi connectivity index (χ1n) is 7.78. The molecule has 0 spiro atoms. The molecule has 1 aromatic carbocycles. The molecule has 1 amide bonds. The van der Waals surface area contributed by atoms with Gasteiger partial charge in [-0.1, -0.05) is 6.07 Å². The van der Waals surface area contributed by atoms with E-state index in [1.165, 1.54) is 7.11 Å². The largest absolute Gasteiger partial charge is 0.465 e. The van der Waals surface area contributed by atoms with E-state index < -0.39 is 15.8 Å². The Morgan fingerprint density at radius 1 is 1.38 bits per heavy atom. The second-order valence-electron chi connectivity index (χ2n) is 5.66. The molecule has 1 aliphatic rings. The molecule has 0 bridgehead atoms. The van der Waals surface area contributed by atoms with Gasteiger partial charge in [-0.3, -0.25) is 4.79 Å². The summed E-state index contributed by atoms with van der Waals surface area (Å²) >= 11 is 0. The van der Waals surface area contributed by atoms with Crippen LogP contribution in [0.15, 0.2) is 24.3 Å². The fraction of sp³-hybridized carbons (Fsp3) is 0.500. The maximum atomic E-state index is 12.4. The molecular weight excluding hydrogens is 332 g/mol. The minimum Gasteiger partial charge on any atom is -0.465 e. The lowest BCUT2D eigenvalue weighted by Crippen LogP contribution is -2.43. The second kappa shape index (κ2) is 7.65. The van der Waals surface area contributed by atoms with Gasteiger partial charge >= 0.3 is 5.97 Å². The first-order chi connectivity index (χ1) is 11.4. The summed E-state index contributed by atoms with van der Waals surface area (Å²) in [7, 11) is -1.73. The molecule has 24 heavy (non-hydrogen) atoms. The summed E-state index contributed by atoms with van der Waals surface area (Å²) in [6, 6.07) is 6.42. The van der Waals surface area contributed by atoms with Crippen LogP contribution < -0.4 is 5.32 Å². The Morgan fingerprint density at radius 3 is 2.71 bits per heavy atom. The highest BCUT2D eigenvalue weighted by Gasteiger charge is 2.33. The van der Waals surface area contributed by atoms with Crippen molar-refractivity contribution in [2.75, 3.05) is 37.0 Å². The molecule has 1 fully saturated rings. The van der Waals surface area contributed by atoms with Gasteiger partial charge in [0.25, 0.3) is 0 Å². The van der Waals surface area contributed by atoms with Crippen molar-refractivity contribution in [3.05, 3.63) is 29.8 Å². The molecule has 7 nitrogen and oxygen atoms in total. The number of esters is 1. The van der Waals surface area contributed by atoms with Gasteiger partial charge in [-0.05, 0) is 31.5 Å². The average molecular weight is 354 g/mol. The highest BCUT2D eigenvalue weighted by Crippen LogP contribution is 2.18. The van der Waals surface area contributed by atoms with E-state index in [0.717, 1.165) is 0 Å². The third kappa shape index (κ3) is 4.47. The van der Waals surface area contributed by atoms with E-state index in [9.17, 15) is 18.0 Å². The van der Waals surface area contributed by atoms with Gasteiger partial charge < -0.3 is 15.0 Å². The van der Waals surface area contributed by atoms with Gasteiger partial charge in [0.1, 0.15) is 0 Å². The van der Waals surface area contributed by atoms with Crippen molar-refractivity contribution in [1.29, 1.82) is 0 Å². The van der Waals surface area contributed by atoms with Gasteiger partial charge in [0.15, 0.2) is 9.84 Å². The van der Waals surface area contributed by atoms with Crippen LogP contribution >= 0.6 is 0 Å². The number of hydrogen-bond donors (Lipinski definition) is 1. The number of ether oxygens (including phenoxy) is 1. The Balaban J connectivity index is 1.98. The molecule has 2 rings (SSSR count). The number of sulfone groups is 1. The zero-order valence-electron chi connectivity index (χ0n) is 13.8. The summed E-state index contributed by atoms with van der Waals surface area (Å²) in [5.74, 6) is -0.445. The Kier molecular flexibility index (Phi) is 5.82. The van der Waals surface area contributed by atoms with Gasteiger partial charge in [-0.15, -0.1) is 0 Å². The van der Waals surface area contributed by atoms with Crippen molar-refractivity contribution in [3.63, 3.8) is 0 Å². The normalized spacial score (nSPS) is 18.8. The van der Waals surface area contributed by atoms with Crippen molar-refractivity contribution in [2.24, 2.45) is 0 Å². The van der Waals surface area contributed by atoms with Crippen LogP contribution in [0.1, 0.15) is 23.7 Å². The van der Waals surface area contributed by atoms with Gasteiger partial charge in [0.2, 0.25) is 5.91 Å². The number of rotatable bonds is 6. The number of anilines is 1. The van der Waals surface area contributed by atoms with E-state index in [-0.39, 0.29) is 30.0 Å². The third-order valence-corrected chi connectivity index (χ3v) is 5.79. The molecule has 1 N–H and O–H groups in total. The average Bonchev–Trinajstić information content (AvgIpc) is 2.92. The van der Waals surface area contributed by atoms with Crippen LogP contribution in [-0.4, -0.2) is 62.9 Å². The van der Waals surface area contributed by atoms with Crippen LogP contribution in [0.4, 0.5) is 5.69 Å². The standard InChI is InChI=1S/C16H22N2O5S/c1-3-18(14-7-8-24(21,22)11-14)15(19)10-17-13-6-4-5-12(9-13)16(20)23-2/h4-6,9,14,17H,3,7-8,10-11H2,1-2H3. The van der Waals surface area contributed by atoms with Gasteiger partial charge in [0.05, 0.1) is 30.7 Å². The van der Waals surface area contributed by atoms with Gasteiger partial charge in [-0.2, -0.15) is 0 Å². The van der Waals surface area contributed by atoms with Crippen LogP contribution in [0.5, 0.6) is 0 Å². The summed E-state index contributed by atoms with van der Waals surface area (Å²) in [6.45, 7) is 2.33. The van der Waals surface area contributed by atoms with Crippen molar-refractivity contribution in [2.45, 2.75) is 19.4 Å². The SMILES string of the molecule is CCN(C(=O)CNc1cccc(C(=O)OC)c1)C1CCS(=O)(=O)C1. The minimum absolute atomic E-state index is 0.0321. The van der Waals surface area contributed by atoms with Crippen molar-refractivity contribution in [1.82, 2.24) is 4.90 Å². The lowest BCUT2D eigenvalue weighted by molar-refractivity contribution is -0.130. The van der Waals surface area contributed by atoms with E-state index in [2.05, 4.69) is 10.1 Å². The second-order valence-corrected chi connectivity index (χ2v) is 7.89. The maximum absolute atomic E-state index is 12.4. The Morgan fingerprint density at radius 2 is 2.12 bits per heavy atom. The molecule has 8 heteroatoms. The van der Waals surface area contributed by atoms with Gasteiger partial charge in [-0.25, -0.2) is 13.2 Å². The monoisotopic (exact) mass is 354 g/mol. The van der Waals surface area contributed by atoms with Crippen LogP contribution in [0.3, 0.4) is 0 Å². The van der Waals surface area contributed by atoms with E-state index in [4.69, 9.17) is 0 Å². The fourth-order valence-electron chi connectivity index (χ4n) is 2.81. The summed E-state index contributed by atoms with van der Waals surface area (Å²) in [4.78, 5) is 25.5. The number of likely N-dealkylation sites (N-methyl/N-ethyl adjacent to an activating group) is 1. The fourth-order valence-corrected chi connectivity index (χ4v) is 4.54. The molecular formula is C16H22N2O5S. The molecule has 1 saturated heterocycles. The predicted molar refractivity (Wildman–Crippen MR) is 90.7 cm³/mol. The van der Waals surface area contributed by atoms with E-state index in [0.29, 0.717) is 24.2 Å². The summed E-state index contributed by atoms with van der Waals surface area (Å²) in [5.41, 5.74) is 1.02. The molecule has 1 atom stereocenters. The number of amides is 1. The molecule has 0 aromatic heterocycles. The Hall–Kier alpha value is -2.09. The van der Waals surface area contributed by atoms with Crippen LogP contribution in [0.2, 0.25) is 0 Å². The molecule has 0 radical (unpaired) electrons. The first kappa shape index (κ1) is 18.3. The number of methoxy groups -OCH3 is 1. The number of carbonyl (C=O) groups excluding carboxylic acids is 2. The summed E-state index contributed by atoms with van der Waals surface area (Å²) in [5, 5.41) is 2.97. The number of nitrogens with one attached hydrogen (secondary N) is 1.